The van der Waals surface area contributed by atoms with Crippen molar-refractivity contribution in [1.29, 1.82) is 0 Å². The molecule has 0 fully saturated rings. The summed E-state index contributed by atoms with van der Waals surface area (Å²) in [5, 5.41) is 10.3. The molecular weight excluding hydrogens is 297 g/mol. The number of aliphatic hydroxyl groups excluding tert-OH is 1. The Morgan fingerprint density at radius 1 is 0.864 bits per heavy atom. The van der Waals surface area contributed by atoms with E-state index in [0.29, 0.717) is 22.6 Å². The molecule has 3 nitrogen and oxygen atoms in total. The number of hydrogen-bond acceptors (Lipinski definition) is 3. The second kappa shape index (κ2) is 6.27. The summed E-state index contributed by atoms with van der Waals surface area (Å²) in [4.78, 5) is 0. The van der Waals surface area contributed by atoms with Crippen LogP contribution in [0.25, 0.3) is 0 Å². The van der Waals surface area contributed by atoms with E-state index in [9.17, 15) is 18.3 Å². The van der Waals surface area contributed by atoms with Gasteiger partial charge in [-0.15, -0.1) is 0 Å². The molecule has 6 heteroatoms. The maximum atomic E-state index is 12.5. The van der Waals surface area contributed by atoms with Crippen LogP contribution in [0.5, 0.6) is 11.5 Å². The molecule has 2 aromatic carbocycles. The van der Waals surface area contributed by atoms with Crippen LogP contribution >= 0.6 is 0 Å². The molecule has 0 aromatic heterocycles. The predicted octanol–water partition coefficient (Wildman–Crippen LogP) is 3.80. The molecule has 0 saturated carbocycles. The quantitative estimate of drug-likeness (QED) is 0.933. The minimum Gasteiger partial charge on any atom is -0.493 e. The molecule has 0 amide bonds. The van der Waals surface area contributed by atoms with E-state index in [-0.39, 0.29) is 0 Å². The van der Waals surface area contributed by atoms with E-state index in [2.05, 4.69) is 0 Å². The molecule has 2 rings (SSSR count). The highest BCUT2D eigenvalue weighted by Crippen LogP contribution is 2.34. The van der Waals surface area contributed by atoms with Gasteiger partial charge in [0.05, 0.1) is 19.8 Å². The number of rotatable bonds is 4. The highest BCUT2D eigenvalue weighted by Gasteiger charge is 2.30. The Labute approximate surface area is 125 Å². The first-order valence-electron chi connectivity index (χ1n) is 6.44. The molecule has 0 aliphatic rings. The Morgan fingerprint density at radius 2 is 1.41 bits per heavy atom. The van der Waals surface area contributed by atoms with Gasteiger partial charge in [0.15, 0.2) is 11.5 Å². The molecule has 0 spiro atoms. The van der Waals surface area contributed by atoms with Crippen molar-refractivity contribution >= 4 is 0 Å². The summed E-state index contributed by atoms with van der Waals surface area (Å²) in [6.07, 6.45) is -5.45. The van der Waals surface area contributed by atoms with Gasteiger partial charge in [0.25, 0.3) is 0 Å². The fourth-order valence-electron chi connectivity index (χ4n) is 2.07. The largest absolute Gasteiger partial charge is 0.493 e. The van der Waals surface area contributed by atoms with Crippen molar-refractivity contribution in [2.45, 2.75) is 12.3 Å². The van der Waals surface area contributed by atoms with Gasteiger partial charge >= 0.3 is 6.18 Å². The van der Waals surface area contributed by atoms with Gasteiger partial charge in [-0.25, -0.2) is 0 Å². The smallest absolute Gasteiger partial charge is 0.416 e. The molecule has 1 N–H and O–H groups in total. The monoisotopic (exact) mass is 312 g/mol. The van der Waals surface area contributed by atoms with E-state index in [1.807, 2.05) is 0 Å². The van der Waals surface area contributed by atoms with Gasteiger partial charge in [-0.2, -0.15) is 13.2 Å². The van der Waals surface area contributed by atoms with Crippen molar-refractivity contribution in [2.24, 2.45) is 0 Å². The third kappa shape index (κ3) is 3.33. The Morgan fingerprint density at radius 3 is 1.91 bits per heavy atom. The van der Waals surface area contributed by atoms with Gasteiger partial charge in [0.2, 0.25) is 0 Å². The lowest BCUT2D eigenvalue weighted by Crippen LogP contribution is -2.06. The summed E-state index contributed by atoms with van der Waals surface area (Å²) >= 11 is 0. The van der Waals surface area contributed by atoms with Crippen molar-refractivity contribution in [3.8, 4) is 11.5 Å². The average molecular weight is 312 g/mol. The zero-order valence-electron chi connectivity index (χ0n) is 12.0. The second-order valence-corrected chi connectivity index (χ2v) is 4.64. The lowest BCUT2D eigenvalue weighted by atomic mass is 10.00. The number of benzene rings is 2. The summed E-state index contributed by atoms with van der Waals surface area (Å²) < 4.78 is 47.8. The third-order valence-electron chi connectivity index (χ3n) is 3.28. The molecule has 0 aliphatic carbocycles. The summed E-state index contributed by atoms with van der Waals surface area (Å²) in [6.45, 7) is 0. The number of methoxy groups -OCH3 is 2. The molecule has 0 saturated heterocycles. The van der Waals surface area contributed by atoms with Crippen LogP contribution in [-0.2, 0) is 6.18 Å². The molecule has 22 heavy (non-hydrogen) atoms. The Bertz CT molecular complexity index is 636. The lowest BCUT2D eigenvalue weighted by molar-refractivity contribution is -0.137. The topological polar surface area (TPSA) is 38.7 Å². The van der Waals surface area contributed by atoms with Crippen molar-refractivity contribution in [2.75, 3.05) is 14.2 Å². The van der Waals surface area contributed by atoms with Gasteiger partial charge in [0.1, 0.15) is 6.10 Å². The first kappa shape index (κ1) is 16.2. The fraction of sp³-hybridized carbons (Fsp3) is 0.250. The third-order valence-corrected chi connectivity index (χ3v) is 3.28. The standard InChI is InChI=1S/C16H15F3O3/c1-21-13-8-5-11(9-14(13)22-2)15(20)10-3-6-12(7-4-10)16(17,18)19/h3-9,15,20H,1-2H3. The minimum absolute atomic E-state index is 0.361. The van der Waals surface area contributed by atoms with Crippen LogP contribution in [0.2, 0.25) is 0 Å². The predicted molar refractivity (Wildman–Crippen MR) is 75.1 cm³/mol. The maximum absolute atomic E-state index is 12.5. The van der Waals surface area contributed by atoms with Crippen LogP contribution < -0.4 is 9.47 Å². The van der Waals surface area contributed by atoms with Gasteiger partial charge in [-0.05, 0) is 35.4 Å². The molecule has 2 aromatic rings. The molecule has 1 atom stereocenters. The maximum Gasteiger partial charge on any atom is 0.416 e. The Balaban J connectivity index is 2.30. The van der Waals surface area contributed by atoms with E-state index in [1.165, 1.54) is 26.4 Å². The second-order valence-electron chi connectivity index (χ2n) is 4.64. The van der Waals surface area contributed by atoms with E-state index >= 15 is 0 Å². The lowest BCUT2D eigenvalue weighted by Gasteiger charge is -2.15. The number of alkyl halides is 3. The van der Waals surface area contributed by atoms with E-state index in [4.69, 9.17) is 9.47 Å². The van der Waals surface area contributed by atoms with E-state index < -0.39 is 17.8 Å². The summed E-state index contributed by atoms with van der Waals surface area (Å²) in [5.41, 5.74) is 0.105. The number of ether oxygens (including phenoxy) is 2. The van der Waals surface area contributed by atoms with E-state index in [1.54, 1.807) is 18.2 Å². The number of aliphatic hydroxyl groups is 1. The zero-order chi connectivity index (χ0) is 16.3. The SMILES string of the molecule is COc1ccc(C(O)c2ccc(C(F)(F)F)cc2)cc1OC. The van der Waals surface area contributed by atoms with Gasteiger partial charge < -0.3 is 14.6 Å². The van der Waals surface area contributed by atoms with Crippen LogP contribution in [0.1, 0.15) is 22.8 Å². The van der Waals surface area contributed by atoms with Crippen LogP contribution in [-0.4, -0.2) is 19.3 Å². The van der Waals surface area contributed by atoms with Crippen LogP contribution in [0.3, 0.4) is 0 Å². The molecule has 0 bridgehead atoms. The first-order chi connectivity index (χ1) is 10.4. The van der Waals surface area contributed by atoms with Crippen LogP contribution in [0.15, 0.2) is 42.5 Å². The highest BCUT2D eigenvalue weighted by molar-refractivity contribution is 5.45. The molecule has 0 radical (unpaired) electrons. The Hall–Kier alpha value is -2.21. The van der Waals surface area contributed by atoms with Crippen LogP contribution in [0, 0.1) is 0 Å². The molecule has 0 heterocycles. The van der Waals surface area contributed by atoms with Crippen LogP contribution in [0.4, 0.5) is 13.2 Å². The number of hydrogen-bond donors (Lipinski definition) is 1. The summed E-state index contributed by atoms with van der Waals surface area (Å²) in [6, 6.07) is 9.24. The summed E-state index contributed by atoms with van der Waals surface area (Å²) in [7, 11) is 2.95. The van der Waals surface area contributed by atoms with Crippen molar-refractivity contribution in [1.82, 2.24) is 0 Å². The van der Waals surface area contributed by atoms with Crippen molar-refractivity contribution in [3.05, 3.63) is 59.2 Å². The first-order valence-corrected chi connectivity index (χ1v) is 6.44. The number of halogens is 3. The van der Waals surface area contributed by atoms with Gasteiger partial charge in [-0.3, -0.25) is 0 Å². The van der Waals surface area contributed by atoms with Crippen molar-refractivity contribution in [3.63, 3.8) is 0 Å². The summed E-state index contributed by atoms with van der Waals surface area (Å²) in [5.74, 6) is 0.942. The fourth-order valence-corrected chi connectivity index (χ4v) is 2.07. The minimum atomic E-state index is -4.40. The van der Waals surface area contributed by atoms with E-state index in [0.717, 1.165) is 12.1 Å². The molecular formula is C16H15F3O3. The molecule has 118 valence electrons. The molecule has 1 unspecified atom stereocenters. The zero-order valence-corrected chi connectivity index (χ0v) is 12.0. The van der Waals surface area contributed by atoms with Crippen molar-refractivity contribution < 1.29 is 27.8 Å². The van der Waals surface area contributed by atoms with Gasteiger partial charge in [0, 0.05) is 0 Å². The van der Waals surface area contributed by atoms with Gasteiger partial charge in [-0.1, -0.05) is 18.2 Å². The normalized spacial score (nSPS) is 12.8. The Kier molecular flexibility index (Phi) is 4.61. The highest BCUT2D eigenvalue weighted by atomic mass is 19.4. The molecule has 0 aliphatic heterocycles. The average Bonchev–Trinajstić information content (AvgIpc) is 2.52.